The number of amides is 1. The van der Waals surface area contributed by atoms with E-state index in [1.54, 1.807) is 24.7 Å². The highest BCUT2D eigenvalue weighted by Gasteiger charge is 2.23. The van der Waals surface area contributed by atoms with Gasteiger partial charge >= 0.3 is 0 Å². The van der Waals surface area contributed by atoms with Gasteiger partial charge in [-0.15, -0.1) is 12.4 Å². The van der Waals surface area contributed by atoms with Gasteiger partial charge in [-0.25, -0.2) is 4.68 Å². The third-order valence-electron chi connectivity index (χ3n) is 4.48. The van der Waals surface area contributed by atoms with Gasteiger partial charge in [0, 0.05) is 13.0 Å². The SMILES string of the molecule is Cc1ccc(Cl)c(OC(C)C(=O)Nc2nc(C3CCNCC3)nn2C)c1.Cl. The molecule has 2 heterocycles. The van der Waals surface area contributed by atoms with Crippen LogP contribution in [0, 0.1) is 6.92 Å². The highest BCUT2D eigenvalue weighted by molar-refractivity contribution is 6.32. The van der Waals surface area contributed by atoms with Crippen molar-refractivity contribution in [2.75, 3.05) is 18.4 Å². The summed E-state index contributed by atoms with van der Waals surface area (Å²) in [6, 6.07) is 5.45. The molecule has 0 spiro atoms. The van der Waals surface area contributed by atoms with E-state index in [4.69, 9.17) is 16.3 Å². The van der Waals surface area contributed by atoms with Crippen molar-refractivity contribution >= 4 is 35.9 Å². The molecular formula is C18H25Cl2N5O2. The standard InChI is InChI=1S/C18H24ClN5O2.ClH/c1-11-4-5-14(19)15(10-11)26-12(2)17(25)22-18-21-16(23-24(18)3)13-6-8-20-9-7-13;/h4-5,10,12-13,20H,6-9H2,1-3H3,(H,21,22,23,25);1H. The maximum Gasteiger partial charge on any atom is 0.267 e. The molecule has 7 nitrogen and oxygen atoms in total. The number of halogens is 2. The molecule has 1 amide bonds. The van der Waals surface area contributed by atoms with E-state index in [1.165, 1.54) is 0 Å². The molecule has 1 aliphatic rings. The molecule has 1 saturated heterocycles. The summed E-state index contributed by atoms with van der Waals surface area (Å²) >= 11 is 6.13. The van der Waals surface area contributed by atoms with E-state index in [9.17, 15) is 4.79 Å². The normalized spacial score (nSPS) is 15.7. The van der Waals surface area contributed by atoms with Crippen molar-refractivity contribution in [3.8, 4) is 5.75 Å². The van der Waals surface area contributed by atoms with Gasteiger partial charge in [0.1, 0.15) is 5.75 Å². The molecule has 27 heavy (non-hydrogen) atoms. The van der Waals surface area contributed by atoms with Gasteiger partial charge in [-0.05, 0) is 57.5 Å². The molecule has 1 aliphatic heterocycles. The van der Waals surface area contributed by atoms with Crippen molar-refractivity contribution in [3.63, 3.8) is 0 Å². The molecule has 1 fully saturated rings. The van der Waals surface area contributed by atoms with E-state index in [1.807, 2.05) is 19.1 Å². The van der Waals surface area contributed by atoms with Crippen molar-refractivity contribution in [3.05, 3.63) is 34.6 Å². The second-order valence-electron chi connectivity index (χ2n) is 6.62. The van der Waals surface area contributed by atoms with E-state index in [-0.39, 0.29) is 18.3 Å². The highest BCUT2D eigenvalue weighted by atomic mass is 35.5. The molecule has 0 saturated carbocycles. The van der Waals surface area contributed by atoms with Crippen LogP contribution >= 0.6 is 24.0 Å². The van der Waals surface area contributed by atoms with Gasteiger partial charge in [-0.3, -0.25) is 10.1 Å². The number of hydrogen-bond acceptors (Lipinski definition) is 5. The first-order valence-electron chi connectivity index (χ1n) is 8.79. The fourth-order valence-electron chi connectivity index (χ4n) is 2.92. The first-order valence-corrected chi connectivity index (χ1v) is 9.17. The second-order valence-corrected chi connectivity index (χ2v) is 7.03. The predicted octanol–water partition coefficient (Wildman–Crippen LogP) is 3.07. The molecule has 0 radical (unpaired) electrons. The van der Waals surface area contributed by atoms with Crippen LogP contribution in [-0.4, -0.2) is 39.9 Å². The van der Waals surface area contributed by atoms with E-state index in [2.05, 4.69) is 20.7 Å². The maximum atomic E-state index is 12.5. The van der Waals surface area contributed by atoms with Crippen LogP contribution in [0.3, 0.4) is 0 Å². The van der Waals surface area contributed by atoms with E-state index in [0.717, 1.165) is 37.3 Å². The number of nitrogens with one attached hydrogen (secondary N) is 2. The monoisotopic (exact) mass is 413 g/mol. The first kappa shape index (κ1) is 21.5. The van der Waals surface area contributed by atoms with Crippen LogP contribution in [0.5, 0.6) is 5.75 Å². The molecule has 2 N–H and O–H groups in total. The van der Waals surface area contributed by atoms with Crippen molar-refractivity contribution < 1.29 is 9.53 Å². The molecule has 0 aliphatic carbocycles. The molecule has 1 atom stereocenters. The van der Waals surface area contributed by atoms with Crippen LogP contribution in [0.1, 0.15) is 37.1 Å². The van der Waals surface area contributed by atoms with Crippen LogP contribution in [-0.2, 0) is 11.8 Å². The molecule has 2 aromatic rings. The fraction of sp³-hybridized carbons (Fsp3) is 0.500. The lowest BCUT2D eigenvalue weighted by Gasteiger charge is -2.19. The minimum atomic E-state index is -0.715. The number of ether oxygens (including phenoxy) is 1. The lowest BCUT2D eigenvalue weighted by molar-refractivity contribution is -0.122. The van der Waals surface area contributed by atoms with Gasteiger partial charge in [-0.2, -0.15) is 10.1 Å². The minimum Gasteiger partial charge on any atom is -0.479 e. The van der Waals surface area contributed by atoms with Gasteiger partial charge in [0.05, 0.1) is 5.02 Å². The number of piperidine rings is 1. The second kappa shape index (κ2) is 9.39. The van der Waals surface area contributed by atoms with Crippen LogP contribution < -0.4 is 15.4 Å². The van der Waals surface area contributed by atoms with Gasteiger partial charge in [0.2, 0.25) is 5.95 Å². The van der Waals surface area contributed by atoms with E-state index < -0.39 is 6.10 Å². The zero-order valence-corrected chi connectivity index (χ0v) is 17.2. The molecule has 1 aromatic carbocycles. The zero-order chi connectivity index (χ0) is 18.7. The highest BCUT2D eigenvalue weighted by Crippen LogP contribution is 2.27. The average Bonchev–Trinajstić information content (AvgIpc) is 2.99. The Bertz CT molecular complexity index is 790. The number of aromatic nitrogens is 3. The van der Waals surface area contributed by atoms with Gasteiger partial charge in [0.25, 0.3) is 5.91 Å². The topological polar surface area (TPSA) is 81.1 Å². The molecule has 1 unspecified atom stereocenters. The Labute approximate surface area is 170 Å². The molecule has 3 rings (SSSR count). The molecule has 0 bridgehead atoms. The number of rotatable bonds is 5. The molecule has 1 aromatic heterocycles. The Morgan fingerprint density at radius 3 is 2.81 bits per heavy atom. The van der Waals surface area contributed by atoms with Crippen LogP contribution in [0.4, 0.5) is 5.95 Å². The summed E-state index contributed by atoms with van der Waals surface area (Å²) in [7, 11) is 1.77. The summed E-state index contributed by atoms with van der Waals surface area (Å²) in [4.78, 5) is 17.0. The van der Waals surface area contributed by atoms with Crippen LogP contribution in [0.15, 0.2) is 18.2 Å². The van der Waals surface area contributed by atoms with Crippen molar-refractivity contribution in [1.29, 1.82) is 0 Å². The summed E-state index contributed by atoms with van der Waals surface area (Å²) in [5.74, 6) is 1.72. The lowest BCUT2D eigenvalue weighted by atomic mass is 9.98. The molecular weight excluding hydrogens is 389 g/mol. The summed E-state index contributed by atoms with van der Waals surface area (Å²) in [5, 5.41) is 11.0. The Morgan fingerprint density at radius 2 is 2.11 bits per heavy atom. The molecule has 9 heteroatoms. The summed E-state index contributed by atoms with van der Waals surface area (Å²) < 4.78 is 7.31. The molecule has 148 valence electrons. The van der Waals surface area contributed by atoms with Crippen molar-refractivity contribution in [2.24, 2.45) is 7.05 Å². The first-order chi connectivity index (χ1) is 12.4. The predicted molar refractivity (Wildman–Crippen MR) is 108 cm³/mol. The number of aryl methyl sites for hydroxylation is 2. The third kappa shape index (κ3) is 5.34. The van der Waals surface area contributed by atoms with Gasteiger partial charge < -0.3 is 10.1 Å². The summed E-state index contributed by atoms with van der Waals surface area (Å²) in [5.41, 5.74) is 1.01. The van der Waals surface area contributed by atoms with Crippen molar-refractivity contribution in [2.45, 2.75) is 38.7 Å². The van der Waals surface area contributed by atoms with Crippen molar-refractivity contribution in [1.82, 2.24) is 20.1 Å². The van der Waals surface area contributed by atoms with E-state index >= 15 is 0 Å². The Kier molecular flexibility index (Phi) is 7.47. The summed E-state index contributed by atoms with van der Waals surface area (Å²) in [6.07, 6.45) is 1.29. The quantitative estimate of drug-likeness (QED) is 0.786. The van der Waals surface area contributed by atoms with Gasteiger partial charge in [0.15, 0.2) is 11.9 Å². The van der Waals surface area contributed by atoms with Gasteiger partial charge in [-0.1, -0.05) is 17.7 Å². The smallest absolute Gasteiger partial charge is 0.267 e. The lowest BCUT2D eigenvalue weighted by Crippen LogP contribution is -2.31. The largest absolute Gasteiger partial charge is 0.479 e. The number of anilines is 1. The van der Waals surface area contributed by atoms with Crippen LogP contribution in [0.25, 0.3) is 0 Å². The Balaban J connectivity index is 0.00000261. The average molecular weight is 414 g/mol. The maximum absolute atomic E-state index is 12.5. The minimum absolute atomic E-state index is 0. The number of benzene rings is 1. The van der Waals surface area contributed by atoms with E-state index in [0.29, 0.717) is 22.6 Å². The zero-order valence-electron chi connectivity index (χ0n) is 15.7. The third-order valence-corrected chi connectivity index (χ3v) is 4.79. The Hall–Kier alpha value is -1.83. The number of nitrogens with zero attached hydrogens (tertiary/aromatic N) is 3. The number of hydrogen-bond donors (Lipinski definition) is 2. The summed E-state index contributed by atoms with van der Waals surface area (Å²) in [6.45, 7) is 5.55. The number of carbonyl (C=O) groups excluding carboxylic acids is 1. The number of carbonyl (C=O) groups is 1. The Morgan fingerprint density at radius 1 is 1.41 bits per heavy atom. The fourth-order valence-corrected chi connectivity index (χ4v) is 3.08. The van der Waals surface area contributed by atoms with Crippen LogP contribution in [0.2, 0.25) is 5.02 Å².